The Morgan fingerprint density at radius 3 is 2.71 bits per heavy atom. The lowest BCUT2D eigenvalue weighted by Gasteiger charge is -2.15. The predicted molar refractivity (Wildman–Crippen MR) is 90.9 cm³/mol. The van der Waals surface area contributed by atoms with Gasteiger partial charge in [-0.3, -0.25) is 9.36 Å². The van der Waals surface area contributed by atoms with E-state index in [1.54, 1.807) is 15.9 Å². The molecule has 1 aromatic carbocycles. The summed E-state index contributed by atoms with van der Waals surface area (Å²) in [5, 5.41) is 0.730. The van der Waals surface area contributed by atoms with Crippen LogP contribution in [-0.2, 0) is 6.42 Å². The van der Waals surface area contributed by atoms with E-state index >= 15 is 0 Å². The summed E-state index contributed by atoms with van der Waals surface area (Å²) < 4.78 is 2.15. The van der Waals surface area contributed by atoms with Crippen LogP contribution in [0.2, 0.25) is 0 Å². The third kappa shape index (κ3) is 2.47. The maximum atomic E-state index is 12.8. The van der Waals surface area contributed by atoms with Crippen LogP contribution in [0.3, 0.4) is 0 Å². The smallest absolute Gasteiger partial charge is 0.263 e. The van der Waals surface area contributed by atoms with E-state index < -0.39 is 0 Å². The minimum atomic E-state index is -0.0863. The van der Waals surface area contributed by atoms with Crippen LogP contribution in [0.5, 0.6) is 0 Å². The number of aryl methyl sites for hydroxylation is 1. The van der Waals surface area contributed by atoms with E-state index in [1.807, 2.05) is 43.3 Å². The number of rotatable bonds is 3. The Labute approximate surface area is 131 Å². The molecule has 0 aliphatic carbocycles. The molecule has 3 rings (SSSR count). The predicted octanol–water partition coefficient (Wildman–Crippen LogP) is 4.29. The van der Waals surface area contributed by atoms with Gasteiger partial charge in [0.25, 0.3) is 5.56 Å². The number of aromatic nitrogens is 2. The molecular weight excluding hydrogens is 300 g/mol. The van der Waals surface area contributed by atoms with Crippen LogP contribution in [0.4, 0.5) is 0 Å². The van der Waals surface area contributed by atoms with Gasteiger partial charge in [-0.25, -0.2) is 0 Å². The second-order valence-electron chi connectivity index (χ2n) is 5.00. The second kappa shape index (κ2) is 5.58. The zero-order chi connectivity index (χ0) is 15.0. The molecule has 2 heterocycles. The Hall–Kier alpha value is -1.72. The van der Waals surface area contributed by atoms with Crippen molar-refractivity contribution in [2.45, 2.75) is 26.3 Å². The van der Waals surface area contributed by atoms with E-state index in [2.05, 4.69) is 11.9 Å². The van der Waals surface area contributed by atoms with Gasteiger partial charge in [0.2, 0.25) is 0 Å². The molecule has 5 heteroatoms. The maximum absolute atomic E-state index is 12.8. The molecule has 0 saturated heterocycles. The van der Waals surface area contributed by atoms with Gasteiger partial charge < -0.3 is 4.98 Å². The summed E-state index contributed by atoms with van der Waals surface area (Å²) >= 11 is 7.01. The number of nitrogens with zero attached hydrogens (tertiary/aromatic N) is 1. The zero-order valence-electron chi connectivity index (χ0n) is 11.9. The van der Waals surface area contributed by atoms with E-state index in [1.165, 1.54) is 4.88 Å². The normalized spacial score (nSPS) is 12.7. The molecule has 2 aromatic heterocycles. The number of benzene rings is 1. The van der Waals surface area contributed by atoms with Gasteiger partial charge in [-0.1, -0.05) is 37.3 Å². The molecule has 0 fully saturated rings. The summed E-state index contributed by atoms with van der Waals surface area (Å²) in [4.78, 5) is 18.0. The molecular formula is C16H16N2OS2. The lowest BCUT2D eigenvalue weighted by Crippen LogP contribution is -2.25. The number of aromatic amines is 1. The summed E-state index contributed by atoms with van der Waals surface area (Å²) in [6.07, 6.45) is 0.924. The minimum Gasteiger partial charge on any atom is -0.323 e. The Balaban J connectivity index is 2.23. The molecule has 0 saturated carbocycles. The van der Waals surface area contributed by atoms with E-state index in [4.69, 9.17) is 12.2 Å². The van der Waals surface area contributed by atoms with Crippen molar-refractivity contribution in [3.8, 4) is 0 Å². The van der Waals surface area contributed by atoms with Crippen molar-refractivity contribution < 1.29 is 0 Å². The lowest BCUT2D eigenvalue weighted by molar-refractivity contribution is 0.600. The number of fused-ring (bicyclic) bond motifs is 1. The number of hydrogen-bond donors (Lipinski definition) is 1. The van der Waals surface area contributed by atoms with Crippen molar-refractivity contribution in [3.05, 3.63) is 62.0 Å². The Morgan fingerprint density at radius 1 is 1.33 bits per heavy atom. The first-order valence-corrected chi connectivity index (χ1v) is 8.16. The number of thiophene rings is 1. The van der Waals surface area contributed by atoms with Crippen molar-refractivity contribution >= 4 is 33.8 Å². The van der Waals surface area contributed by atoms with Crippen molar-refractivity contribution in [1.82, 2.24) is 9.55 Å². The first-order chi connectivity index (χ1) is 10.1. The summed E-state index contributed by atoms with van der Waals surface area (Å²) in [6.45, 7) is 4.09. The zero-order valence-corrected chi connectivity index (χ0v) is 13.6. The third-order valence-corrected chi connectivity index (χ3v) is 5.18. The molecule has 0 aliphatic rings. The summed E-state index contributed by atoms with van der Waals surface area (Å²) in [5.74, 6) is 0. The van der Waals surface area contributed by atoms with Crippen molar-refractivity contribution in [2.75, 3.05) is 0 Å². The average Bonchev–Trinajstić information content (AvgIpc) is 2.91. The van der Waals surface area contributed by atoms with Crippen LogP contribution in [-0.4, -0.2) is 9.55 Å². The SMILES string of the molecule is CCc1cc2c(=O)n(C(C)c3ccccc3)c(=S)[nH]c2s1. The molecule has 1 N–H and O–H groups in total. The van der Waals surface area contributed by atoms with Crippen LogP contribution >= 0.6 is 23.6 Å². The highest BCUT2D eigenvalue weighted by Gasteiger charge is 2.15. The van der Waals surface area contributed by atoms with Crippen LogP contribution < -0.4 is 5.56 Å². The van der Waals surface area contributed by atoms with Crippen molar-refractivity contribution in [1.29, 1.82) is 0 Å². The van der Waals surface area contributed by atoms with Crippen molar-refractivity contribution in [2.24, 2.45) is 0 Å². The topological polar surface area (TPSA) is 37.8 Å². The molecule has 0 amide bonds. The molecule has 1 unspecified atom stereocenters. The highest BCUT2D eigenvalue weighted by atomic mass is 32.1. The monoisotopic (exact) mass is 316 g/mol. The first kappa shape index (κ1) is 14.2. The standard InChI is InChI=1S/C16H16N2OS2/c1-3-12-9-13-14(21-12)17-16(20)18(15(13)19)10(2)11-7-5-4-6-8-11/h4-10H,3H2,1-2H3,(H,17,20). The quantitative estimate of drug-likeness (QED) is 0.732. The molecule has 0 bridgehead atoms. The second-order valence-corrected chi connectivity index (χ2v) is 6.52. The fourth-order valence-corrected chi connectivity index (χ4v) is 3.87. The molecule has 0 radical (unpaired) electrons. The Bertz CT molecular complexity index is 890. The van der Waals surface area contributed by atoms with Gasteiger partial charge >= 0.3 is 0 Å². The molecule has 108 valence electrons. The lowest BCUT2D eigenvalue weighted by atomic mass is 10.1. The highest BCUT2D eigenvalue weighted by molar-refractivity contribution is 7.71. The number of nitrogens with one attached hydrogen (secondary N) is 1. The van der Waals surface area contributed by atoms with Gasteiger partial charge in [0.15, 0.2) is 4.77 Å². The van der Waals surface area contributed by atoms with E-state index in [-0.39, 0.29) is 11.6 Å². The van der Waals surface area contributed by atoms with Gasteiger partial charge in [-0.2, -0.15) is 0 Å². The van der Waals surface area contributed by atoms with Gasteiger partial charge in [-0.05, 0) is 37.2 Å². The van der Waals surface area contributed by atoms with E-state index in [0.717, 1.165) is 22.2 Å². The Morgan fingerprint density at radius 2 is 2.05 bits per heavy atom. The third-order valence-electron chi connectivity index (χ3n) is 3.69. The van der Waals surface area contributed by atoms with E-state index in [9.17, 15) is 4.79 Å². The van der Waals surface area contributed by atoms with Crippen LogP contribution in [0.15, 0.2) is 41.2 Å². The highest BCUT2D eigenvalue weighted by Crippen LogP contribution is 2.23. The minimum absolute atomic E-state index is 0.0129. The molecule has 21 heavy (non-hydrogen) atoms. The van der Waals surface area contributed by atoms with Crippen LogP contribution in [0, 0.1) is 4.77 Å². The molecule has 1 atom stereocenters. The average molecular weight is 316 g/mol. The van der Waals surface area contributed by atoms with Gasteiger partial charge in [0.1, 0.15) is 4.83 Å². The van der Waals surface area contributed by atoms with Gasteiger partial charge in [0.05, 0.1) is 11.4 Å². The fourth-order valence-electron chi connectivity index (χ4n) is 2.48. The fraction of sp³-hybridized carbons (Fsp3) is 0.250. The van der Waals surface area contributed by atoms with E-state index in [0.29, 0.717) is 4.77 Å². The first-order valence-electron chi connectivity index (χ1n) is 6.94. The molecule has 3 aromatic rings. The Kier molecular flexibility index (Phi) is 3.78. The largest absolute Gasteiger partial charge is 0.323 e. The van der Waals surface area contributed by atoms with Crippen molar-refractivity contribution in [3.63, 3.8) is 0 Å². The summed E-state index contributed by atoms with van der Waals surface area (Å²) in [5.41, 5.74) is 1.06. The molecule has 0 spiro atoms. The van der Waals surface area contributed by atoms with Crippen LogP contribution in [0.1, 0.15) is 30.3 Å². The number of H-pyrrole nitrogens is 1. The maximum Gasteiger partial charge on any atom is 0.263 e. The summed E-state index contributed by atoms with van der Waals surface area (Å²) in [6, 6.07) is 11.8. The summed E-state index contributed by atoms with van der Waals surface area (Å²) in [7, 11) is 0. The number of hydrogen-bond acceptors (Lipinski definition) is 3. The van der Waals surface area contributed by atoms with Gasteiger partial charge in [0, 0.05) is 4.88 Å². The van der Waals surface area contributed by atoms with Crippen LogP contribution in [0.25, 0.3) is 10.2 Å². The van der Waals surface area contributed by atoms with Gasteiger partial charge in [-0.15, -0.1) is 11.3 Å². The molecule has 3 nitrogen and oxygen atoms in total. The molecule has 0 aliphatic heterocycles.